The van der Waals surface area contributed by atoms with E-state index in [-0.39, 0.29) is 23.4 Å². The summed E-state index contributed by atoms with van der Waals surface area (Å²) in [5.41, 5.74) is 0.395. The van der Waals surface area contributed by atoms with Gasteiger partial charge in [0.1, 0.15) is 11.5 Å². The Bertz CT molecular complexity index is 1090. The molecule has 1 amide bonds. The van der Waals surface area contributed by atoms with Gasteiger partial charge in [-0.05, 0) is 74.5 Å². The quantitative estimate of drug-likeness (QED) is 0.511. The summed E-state index contributed by atoms with van der Waals surface area (Å²) < 4.78 is 38.2. The lowest BCUT2D eigenvalue weighted by Crippen LogP contribution is -2.40. The number of sulfonamides is 1. The molecule has 2 N–H and O–H groups in total. The Labute approximate surface area is 187 Å². The maximum Gasteiger partial charge on any atom is 0.251 e. The smallest absolute Gasteiger partial charge is 0.251 e. The van der Waals surface area contributed by atoms with E-state index < -0.39 is 10.0 Å². The molecule has 0 spiro atoms. The molecule has 170 valence electrons. The second-order valence-electron chi connectivity index (χ2n) is 7.77. The number of carbonyl (C=O) groups excluding carboxylic acids is 1. The van der Waals surface area contributed by atoms with Crippen molar-refractivity contribution in [1.29, 1.82) is 0 Å². The van der Waals surface area contributed by atoms with E-state index in [0.717, 1.165) is 31.7 Å². The average molecular weight is 458 g/mol. The number of nitrogens with one attached hydrogen (secondary N) is 2. The summed E-state index contributed by atoms with van der Waals surface area (Å²) in [6.07, 6.45) is 6.62. The van der Waals surface area contributed by atoms with E-state index in [1.54, 1.807) is 18.4 Å². The predicted molar refractivity (Wildman–Crippen MR) is 118 cm³/mol. The maximum absolute atomic E-state index is 12.7. The molecule has 0 unspecified atom stereocenters. The number of hydrogen-bond donors (Lipinski definition) is 2. The van der Waals surface area contributed by atoms with Crippen molar-refractivity contribution in [3.63, 3.8) is 0 Å². The summed E-state index contributed by atoms with van der Waals surface area (Å²) in [5.74, 6) is 1.09. The van der Waals surface area contributed by atoms with Crippen LogP contribution in [0.25, 0.3) is 0 Å². The monoisotopic (exact) mass is 457 g/mol. The topological polar surface area (TPSA) is 105 Å². The zero-order valence-corrected chi connectivity index (χ0v) is 18.5. The zero-order valence-electron chi connectivity index (χ0n) is 17.7. The first-order valence-electron chi connectivity index (χ1n) is 10.7. The van der Waals surface area contributed by atoms with Crippen molar-refractivity contribution in [1.82, 2.24) is 14.9 Å². The molecular weight excluding hydrogens is 430 g/mol. The first kappa shape index (κ1) is 22.3. The van der Waals surface area contributed by atoms with Crippen LogP contribution in [0.2, 0.25) is 0 Å². The number of hydrogen-bond acceptors (Lipinski definition) is 6. The molecule has 1 saturated heterocycles. The highest BCUT2D eigenvalue weighted by Gasteiger charge is 2.25. The van der Waals surface area contributed by atoms with E-state index >= 15 is 0 Å². The van der Waals surface area contributed by atoms with Crippen molar-refractivity contribution in [2.45, 2.75) is 36.7 Å². The van der Waals surface area contributed by atoms with Crippen LogP contribution in [0.3, 0.4) is 0 Å². The summed E-state index contributed by atoms with van der Waals surface area (Å²) in [6.45, 7) is 2.41. The largest absolute Gasteiger partial charge is 0.468 e. The van der Waals surface area contributed by atoms with Crippen molar-refractivity contribution >= 4 is 15.9 Å². The second kappa shape index (κ2) is 10.2. The van der Waals surface area contributed by atoms with Crippen LogP contribution in [0.15, 0.2) is 74.8 Å². The molecule has 0 bridgehead atoms. The minimum absolute atomic E-state index is 0.0281. The molecule has 3 aromatic rings. The number of nitrogens with zero attached hydrogens (tertiary/aromatic N) is 1. The summed E-state index contributed by atoms with van der Waals surface area (Å²) in [6, 6.07) is 13.0. The Kier molecular flexibility index (Phi) is 7.09. The molecule has 1 aliphatic rings. The van der Waals surface area contributed by atoms with Gasteiger partial charge in [-0.1, -0.05) is 6.42 Å². The third kappa shape index (κ3) is 5.48. The molecule has 0 aliphatic carbocycles. The van der Waals surface area contributed by atoms with Gasteiger partial charge in [0, 0.05) is 12.1 Å². The fourth-order valence-electron chi connectivity index (χ4n) is 3.86. The maximum atomic E-state index is 12.7. The van der Waals surface area contributed by atoms with Crippen LogP contribution in [-0.2, 0) is 16.6 Å². The van der Waals surface area contributed by atoms with Crippen LogP contribution < -0.4 is 10.0 Å². The third-order valence-corrected chi connectivity index (χ3v) is 7.02. The number of likely N-dealkylation sites (tertiary alicyclic amines) is 1. The normalized spacial score (nSPS) is 16.0. The molecular formula is C23H27N3O5S. The fraction of sp³-hybridized carbons (Fsp3) is 0.348. The lowest BCUT2D eigenvalue weighted by Gasteiger charge is -2.33. The number of benzene rings is 1. The predicted octanol–water partition coefficient (Wildman–Crippen LogP) is 3.31. The van der Waals surface area contributed by atoms with Gasteiger partial charge in [0.25, 0.3) is 5.91 Å². The Hall–Kier alpha value is -2.88. The Balaban J connectivity index is 1.37. The lowest BCUT2D eigenvalue weighted by molar-refractivity contribution is 0.0914. The van der Waals surface area contributed by atoms with Crippen LogP contribution in [0.1, 0.15) is 47.2 Å². The van der Waals surface area contributed by atoms with E-state index in [2.05, 4.69) is 14.9 Å². The summed E-state index contributed by atoms with van der Waals surface area (Å²) in [4.78, 5) is 15.1. The SMILES string of the molecule is O=C(NC[C@@H](c1ccco1)N1CCCCC1)c1ccc(S(=O)(=O)NCc2ccco2)cc1. The number of piperidine rings is 1. The molecule has 1 aliphatic heterocycles. The molecule has 9 heteroatoms. The number of amides is 1. The standard InChI is InChI=1S/C23H27N3O5S/c27-23(24-17-21(22-7-5-15-31-22)26-12-2-1-3-13-26)18-8-10-20(11-9-18)32(28,29)25-16-19-6-4-14-30-19/h4-11,14-15,21,25H,1-3,12-13,16-17H2,(H,24,27)/t21-/m0/s1. The first-order chi connectivity index (χ1) is 15.5. The van der Waals surface area contributed by atoms with Crippen molar-refractivity contribution in [2.75, 3.05) is 19.6 Å². The Morgan fingerprint density at radius 2 is 1.69 bits per heavy atom. The van der Waals surface area contributed by atoms with Gasteiger partial charge >= 0.3 is 0 Å². The highest BCUT2D eigenvalue weighted by molar-refractivity contribution is 7.89. The molecule has 0 radical (unpaired) electrons. The fourth-order valence-corrected chi connectivity index (χ4v) is 4.85. The molecule has 8 nitrogen and oxygen atoms in total. The Morgan fingerprint density at radius 3 is 2.34 bits per heavy atom. The van der Waals surface area contributed by atoms with E-state index in [1.165, 1.54) is 36.9 Å². The van der Waals surface area contributed by atoms with Crippen LogP contribution >= 0.6 is 0 Å². The van der Waals surface area contributed by atoms with E-state index in [0.29, 0.717) is 17.9 Å². The van der Waals surface area contributed by atoms with Gasteiger partial charge in [-0.3, -0.25) is 9.69 Å². The average Bonchev–Trinajstić information content (AvgIpc) is 3.53. The minimum atomic E-state index is -3.71. The molecule has 3 heterocycles. The number of rotatable bonds is 9. The molecule has 1 fully saturated rings. The minimum Gasteiger partial charge on any atom is -0.468 e. The third-order valence-electron chi connectivity index (χ3n) is 5.60. The van der Waals surface area contributed by atoms with Gasteiger partial charge in [-0.15, -0.1) is 0 Å². The molecule has 2 aromatic heterocycles. The van der Waals surface area contributed by atoms with Crippen LogP contribution in [0.5, 0.6) is 0 Å². The molecule has 1 aromatic carbocycles. The number of furan rings is 2. The summed E-state index contributed by atoms with van der Waals surface area (Å²) in [7, 11) is -3.71. The second-order valence-corrected chi connectivity index (χ2v) is 9.53. The van der Waals surface area contributed by atoms with Gasteiger partial charge < -0.3 is 14.2 Å². The van der Waals surface area contributed by atoms with Crippen molar-refractivity contribution < 1.29 is 22.0 Å². The van der Waals surface area contributed by atoms with Crippen LogP contribution in [-0.4, -0.2) is 38.9 Å². The number of carbonyl (C=O) groups is 1. The van der Waals surface area contributed by atoms with Gasteiger partial charge in [-0.25, -0.2) is 13.1 Å². The molecule has 0 saturated carbocycles. The summed E-state index contributed by atoms with van der Waals surface area (Å²) in [5, 5.41) is 2.97. The lowest BCUT2D eigenvalue weighted by atomic mass is 10.1. The van der Waals surface area contributed by atoms with Crippen molar-refractivity contribution in [3.8, 4) is 0 Å². The zero-order chi connectivity index (χ0) is 22.4. The van der Waals surface area contributed by atoms with E-state index in [1.807, 2.05) is 12.1 Å². The van der Waals surface area contributed by atoms with Gasteiger partial charge in [0.2, 0.25) is 10.0 Å². The van der Waals surface area contributed by atoms with E-state index in [4.69, 9.17) is 8.83 Å². The molecule has 32 heavy (non-hydrogen) atoms. The highest BCUT2D eigenvalue weighted by atomic mass is 32.2. The first-order valence-corrected chi connectivity index (χ1v) is 12.2. The van der Waals surface area contributed by atoms with Gasteiger partial charge in [-0.2, -0.15) is 0 Å². The van der Waals surface area contributed by atoms with Gasteiger partial charge in [0.15, 0.2) is 0 Å². The molecule has 1 atom stereocenters. The van der Waals surface area contributed by atoms with Crippen molar-refractivity contribution in [3.05, 3.63) is 78.1 Å². The van der Waals surface area contributed by atoms with Crippen molar-refractivity contribution in [2.24, 2.45) is 0 Å². The van der Waals surface area contributed by atoms with Gasteiger partial charge in [0.05, 0.1) is 30.0 Å². The van der Waals surface area contributed by atoms with Crippen LogP contribution in [0.4, 0.5) is 0 Å². The van der Waals surface area contributed by atoms with E-state index in [9.17, 15) is 13.2 Å². The summed E-state index contributed by atoms with van der Waals surface area (Å²) >= 11 is 0. The molecule has 4 rings (SSSR count). The van der Waals surface area contributed by atoms with Crippen LogP contribution in [0, 0.1) is 0 Å². The highest BCUT2D eigenvalue weighted by Crippen LogP contribution is 2.24. The Morgan fingerprint density at radius 1 is 0.969 bits per heavy atom.